The van der Waals surface area contributed by atoms with Gasteiger partial charge in [-0.15, -0.1) is 0 Å². The van der Waals surface area contributed by atoms with E-state index in [1.54, 1.807) is 0 Å². The average Bonchev–Trinajstić information content (AvgIpc) is 2.81. The minimum atomic E-state index is -1.12. The van der Waals surface area contributed by atoms with Gasteiger partial charge in [-0.1, -0.05) is 13.8 Å². The van der Waals surface area contributed by atoms with Crippen molar-refractivity contribution in [1.29, 1.82) is 0 Å². The molecule has 0 aliphatic rings. The van der Waals surface area contributed by atoms with Gasteiger partial charge < -0.3 is 19.9 Å². The average molecular weight is 242 g/mol. The molecular weight excluding hydrogens is 224 g/mol. The number of carbonyl (C=O) groups is 1. The molecule has 17 heavy (non-hydrogen) atoms. The van der Waals surface area contributed by atoms with Crippen LogP contribution in [0, 0.1) is 5.41 Å². The van der Waals surface area contributed by atoms with E-state index in [4.69, 9.17) is 9.52 Å². The Bertz CT molecular complexity index is 363. The van der Waals surface area contributed by atoms with Crippen LogP contribution in [0.1, 0.15) is 37.2 Å². The maximum absolute atomic E-state index is 10.6. The summed E-state index contributed by atoms with van der Waals surface area (Å²) in [6, 6.07) is 0.169. The van der Waals surface area contributed by atoms with Gasteiger partial charge in [-0.3, -0.25) is 0 Å². The monoisotopic (exact) mass is 242 g/mol. The Labute approximate surface area is 99.7 Å². The van der Waals surface area contributed by atoms with E-state index < -0.39 is 5.97 Å². The van der Waals surface area contributed by atoms with Crippen LogP contribution >= 0.6 is 0 Å². The lowest BCUT2D eigenvalue weighted by atomic mass is 9.83. The van der Waals surface area contributed by atoms with Crippen LogP contribution in [0.4, 0.5) is 6.01 Å². The molecule has 0 spiro atoms. The molecule has 0 saturated carbocycles. The summed E-state index contributed by atoms with van der Waals surface area (Å²) in [5.41, 5.74) is -0.354. The summed E-state index contributed by atoms with van der Waals surface area (Å²) < 4.78 is 4.97. The van der Waals surface area contributed by atoms with E-state index >= 15 is 0 Å². The van der Waals surface area contributed by atoms with Crippen LogP contribution in [0.25, 0.3) is 0 Å². The summed E-state index contributed by atoms with van der Waals surface area (Å²) in [4.78, 5) is 14.4. The lowest BCUT2D eigenvalue weighted by Crippen LogP contribution is -2.32. The lowest BCUT2D eigenvalue weighted by Gasteiger charge is -2.29. The fourth-order valence-electron chi connectivity index (χ4n) is 1.50. The molecule has 1 aromatic rings. The fourth-order valence-corrected chi connectivity index (χ4v) is 1.50. The number of oxazole rings is 1. The standard InChI is InChI=1S/C11H18N2O4/c1-3-11(4-2,7-14)6-12-10-13-8(5-17-10)9(15)16/h5,14H,3-4,6-7H2,1-2H3,(H,12,13)(H,15,16). The quantitative estimate of drug-likeness (QED) is 0.672. The van der Waals surface area contributed by atoms with Crippen molar-refractivity contribution in [2.75, 3.05) is 18.5 Å². The van der Waals surface area contributed by atoms with Crippen LogP contribution in [0.5, 0.6) is 0 Å². The zero-order chi connectivity index (χ0) is 12.9. The number of hydrogen-bond donors (Lipinski definition) is 3. The second-order valence-corrected chi connectivity index (χ2v) is 4.06. The van der Waals surface area contributed by atoms with Crippen LogP contribution < -0.4 is 5.32 Å². The molecule has 96 valence electrons. The van der Waals surface area contributed by atoms with Gasteiger partial charge in [0.1, 0.15) is 6.26 Å². The Balaban J connectivity index is 2.62. The van der Waals surface area contributed by atoms with Gasteiger partial charge in [0, 0.05) is 12.0 Å². The first-order valence-electron chi connectivity index (χ1n) is 5.60. The minimum absolute atomic E-state index is 0.0689. The number of aliphatic hydroxyl groups is 1. The summed E-state index contributed by atoms with van der Waals surface area (Å²) in [5, 5.41) is 20.9. The second-order valence-electron chi connectivity index (χ2n) is 4.06. The first kappa shape index (κ1) is 13.5. The molecule has 0 aliphatic heterocycles. The number of nitrogens with zero attached hydrogens (tertiary/aromatic N) is 1. The van der Waals surface area contributed by atoms with Crippen LogP contribution in [0.15, 0.2) is 10.7 Å². The minimum Gasteiger partial charge on any atom is -0.476 e. The van der Waals surface area contributed by atoms with Crippen molar-refractivity contribution in [1.82, 2.24) is 4.98 Å². The van der Waals surface area contributed by atoms with Crippen LogP contribution in [0.2, 0.25) is 0 Å². The third-order valence-electron chi connectivity index (χ3n) is 3.17. The van der Waals surface area contributed by atoms with Crippen molar-refractivity contribution in [2.24, 2.45) is 5.41 Å². The summed E-state index contributed by atoms with van der Waals surface area (Å²) in [7, 11) is 0. The maximum Gasteiger partial charge on any atom is 0.357 e. The molecule has 1 aromatic heterocycles. The number of aromatic nitrogens is 1. The van der Waals surface area contributed by atoms with Crippen LogP contribution in [0.3, 0.4) is 0 Å². The molecule has 0 unspecified atom stereocenters. The van der Waals surface area contributed by atoms with Gasteiger partial charge in [0.05, 0.1) is 6.61 Å². The third kappa shape index (κ3) is 3.20. The molecule has 1 rings (SSSR count). The Morgan fingerprint density at radius 1 is 1.53 bits per heavy atom. The highest BCUT2D eigenvalue weighted by Gasteiger charge is 2.25. The van der Waals surface area contributed by atoms with E-state index in [0.29, 0.717) is 6.54 Å². The van der Waals surface area contributed by atoms with Gasteiger partial charge >= 0.3 is 5.97 Å². The molecule has 0 amide bonds. The van der Waals surface area contributed by atoms with Gasteiger partial charge in [-0.2, -0.15) is 4.98 Å². The number of aliphatic hydroxyl groups excluding tert-OH is 1. The number of carboxylic acids is 1. The first-order chi connectivity index (χ1) is 8.06. The van der Waals surface area contributed by atoms with Crippen molar-refractivity contribution in [3.8, 4) is 0 Å². The fraction of sp³-hybridized carbons (Fsp3) is 0.636. The number of rotatable bonds is 7. The van der Waals surface area contributed by atoms with Gasteiger partial charge in [-0.05, 0) is 12.8 Å². The topological polar surface area (TPSA) is 95.6 Å². The van der Waals surface area contributed by atoms with E-state index in [1.165, 1.54) is 0 Å². The lowest BCUT2D eigenvalue weighted by molar-refractivity contribution is 0.0690. The number of aromatic carboxylic acids is 1. The summed E-state index contributed by atoms with van der Waals surface area (Å²) in [5.74, 6) is -1.12. The van der Waals surface area contributed by atoms with Gasteiger partial charge in [0.2, 0.25) is 0 Å². The summed E-state index contributed by atoms with van der Waals surface area (Å²) in [6.45, 7) is 4.56. The molecular formula is C11H18N2O4. The number of nitrogens with one attached hydrogen (secondary N) is 1. The molecule has 1 heterocycles. The summed E-state index contributed by atoms with van der Waals surface area (Å²) in [6.07, 6.45) is 2.72. The Morgan fingerprint density at radius 2 is 2.18 bits per heavy atom. The number of carboxylic acid groups (broad SMARTS) is 1. The molecule has 6 nitrogen and oxygen atoms in total. The van der Waals surface area contributed by atoms with E-state index in [2.05, 4.69) is 10.3 Å². The summed E-state index contributed by atoms with van der Waals surface area (Å²) >= 11 is 0. The normalized spacial score (nSPS) is 11.5. The zero-order valence-electron chi connectivity index (χ0n) is 10.1. The second kappa shape index (κ2) is 5.67. The highest BCUT2D eigenvalue weighted by Crippen LogP contribution is 2.25. The molecule has 0 aromatic carbocycles. The Kier molecular flexibility index (Phi) is 4.51. The molecule has 0 bridgehead atoms. The SMILES string of the molecule is CCC(CC)(CO)CNc1nc(C(=O)O)co1. The smallest absolute Gasteiger partial charge is 0.357 e. The van der Waals surface area contributed by atoms with Crippen molar-refractivity contribution in [3.63, 3.8) is 0 Å². The molecule has 0 aliphatic carbocycles. The largest absolute Gasteiger partial charge is 0.476 e. The van der Waals surface area contributed by atoms with Gasteiger partial charge in [0.25, 0.3) is 6.01 Å². The molecule has 0 fully saturated rings. The van der Waals surface area contributed by atoms with Crippen LogP contribution in [-0.2, 0) is 0 Å². The van der Waals surface area contributed by atoms with E-state index in [9.17, 15) is 9.90 Å². The number of anilines is 1. The number of hydrogen-bond acceptors (Lipinski definition) is 5. The molecule has 0 radical (unpaired) electrons. The van der Waals surface area contributed by atoms with E-state index in [0.717, 1.165) is 19.1 Å². The van der Waals surface area contributed by atoms with E-state index in [1.807, 2.05) is 13.8 Å². The molecule has 3 N–H and O–H groups in total. The van der Waals surface area contributed by atoms with E-state index in [-0.39, 0.29) is 23.7 Å². The van der Waals surface area contributed by atoms with Gasteiger partial charge in [-0.25, -0.2) is 4.79 Å². The first-order valence-corrected chi connectivity index (χ1v) is 5.60. The van der Waals surface area contributed by atoms with Crippen molar-refractivity contribution >= 4 is 12.0 Å². The predicted molar refractivity (Wildman–Crippen MR) is 62.1 cm³/mol. The Morgan fingerprint density at radius 3 is 2.59 bits per heavy atom. The zero-order valence-corrected chi connectivity index (χ0v) is 10.1. The third-order valence-corrected chi connectivity index (χ3v) is 3.17. The van der Waals surface area contributed by atoms with Crippen molar-refractivity contribution in [2.45, 2.75) is 26.7 Å². The predicted octanol–water partition coefficient (Wildman–Crippen LogP) is 1.58. The van der Waals surface area contributed by atoms with Crippen LogP contribution in [-0.4, -0.2) is 34.3 Å². The molecule has 0 saturated heterocycles. The van der Waals surface area contributed by atoms with Crippen molar-refractivity contribution in [3.05, 3.63) is 12.0 Å². The van der Waals surface area contributed by atoms with Gasteiger partial charge in [0.15, 0.2) is 5.69 Å². The highest BCUT2D eigenvalue weighted by atomic mass is 16.4. The molecule has 0 atom stereocenters. The highest BCUT2D eigenvalue weighted by molar-refractivity contribution is 5.85. The van der Waals surface area contributed by atoms with Crippen molar-refractivity contribution < 1.29 is 19.4 Å². The maximum atomic E-state index is 10.6. The Hall–Kier alpha value is -1.56. The molecule has 6 heteroatoms.